The van der Waals surface area contributed by atoms with Crippen molar-refractivity contribution in [3.63, 3.8) is 0 Å². The third kappa shape index (κ3) is 1.86. The fourth-order valence-corrected chi connectivity index (χ4v) is 4.18. The van der Waals surface area contributed by atoms with Crippen LogP contribution < -0.4 is 5.56 Å². The van der Waals surface area contributed by atoms with Gasteiger partial charge in [-0.3, -0.25) is 4.79 Å². The van der Waals surface area contributed by atoms with Crippen molar-refractivity contribution in [2.24, 2.45) is 17.0 Å². The van der Waals surface area contributed by atoms with Crippen LogP contribution in [0.5, 0.6) is 0 Å². The van der Waals surface area contributed by atoms with Crippen molar-refractivity contribution in [2.45, 2.75) is 29.7 Å². The largest absolute Gasteiger partial charge is 0.411 e. The zero-order chi connectivity index (χ0) is 11.8. The highest BCUT2D eigenvalue weighted by molar-refractivity contribution is 8.00. The minimum absolute atomic E-state index is 0.145. The first-order valence-corrected chi connectivity index (χ1v) is 6.59. The van der Waals surface area contributed by atoms with Crippen LogP contribution in [-0.2, 0) is 0 Å². The van der Waals surface area contributed by atoms with Gasteiger partial charge in [0.15, 0.2) is 5.16 Å². The van der Waals surface area contributed by atoms with Crippen molar-refractivity contribution in [3.05, 3.63) is 22.6 Å². The van der Waals surface area contributed by atoms with Crippen LogP contribution in [0.2, 0.25) is 0 Å². The number of hydrogen-bond acceptors (Lipinski definition) is 5. The van der Waals surface area contributed by atoms with Crippen LogP contribution in [0.3, 0.4) is 0 Å². The van der Waals surface area contributed by atoms with Crippen LogP contribution in [0.25, 0.3) is 0 Å². The standard InChI is InChI=1S/C11H13N3O2S/c15-8-3-4-12-11(13-8)17-10-7-2-1-6(5-7)9(10)14-16/h3-4,6-7,10,16H,1-2,5H2,(H,12,13,15)/b14-9+. The third-order valence-corrected chi connectivity index (χ3v) is 4.92. The second-order valence-corrected chi connectivity index (χ2v) is 5.70. The second-order valence-electron chi connectivity index (χ2n) is 4.57. The molecule has 2 fully saturated rings. The second kappa shape index (κ2) is 4.18. The van der Waals surface area contributed by atoms with E-state index >= 15 is 0 Å². The number of nitrogens with zero attached hydrogens (tertiary/aromatic N) is 2. The normalized spacial score (nSPS) is 33.4. The molecular weight excluding hydrogens is 238 g/mol. The molecule has 2 bridgehead atoms. The Labute approximate surface area is 102 Å². The predicted molar refractivity (Wildman–Crippen MR) is 64.6 cm³/mol. The number of H-pyrrole nitrogens is 1. The molecule has 0 saturated heterocycles. The molecule has 2 aliphatic rings. The Morgan fingerprint density at radius 2 is 2.41 bits per heavy atom. The lowest BCUT2D eigenvalue weighted by atomic mass is 9.98. The molecule has 3 rings (SSSR count). The van der Waals surface area contributed by atoms with Gasteiger partial charge in [-0.25, -0.2) is 4.98 Å². The fraction of sp³-hybridized carbons (Fsp3) is 0.545. The van der Waals surface area contributed by atoms with E-state index in [9.17, 15) is 4.79 Å². The lowest BCUT2D eigenvalue weighted by Gasteiger charge is -2.21. The molecule has 1 aromatic rings. The van der Waals surface area contributed by atoms with E-state index < -0.39 is 0 Å². The van der Waals surface area contributed by atoms with E-state index in [-0.39, 0.29) is 10.8 Å². The molecule has 1 heterocycles. The molecule has 0 spiro atoms. The molecule has 0 aromatic carbocycles. The predicted octanol–water partition coefficient (Wildman–Crippen LogP) is 1.49. The summed E-state index contributed by atoms with van der Waals surface area (Å²) in [4.78, 5) is 18.0. The minimum atomic E-state index is -0.145. The van der Waals surface area contributed by atoms with Crippen molar-refractivity contribution in [2.75, 3.05) is 0 Å². The molecule has 0 aliphatic heterocycles. The zero-order valence-electron chi connectivity index (χ0n) is 9.17. The highest BCUT2D eigenvalue weighted by atomic mass is 32.2. The van der Waals surface area contributed by atoms with Gasteiger partial charge in [-0.1, -0.05) is 16.9 Å². The Bertz CT molecular complexity index is 513. The van der Waals surface area contributed by atoms with Gasteiger partial charge in [-0.2, -0.15) is 0 Å². The van der Waals surface area contributed by atoms with Gasteiger partial charge < -0.3 is 10.2 Å². The maximum atomic E-state index is 11.2. The molecule has 0 radical (unpaired) electrons. The van der Waals surface area contributed by atoms with Crippen molar-refractivity contribution >= 4 is 17.5 Å². The lowest BCUT2D eigenvalue weighted by Crippen LogP contribution is -2.25. The topological polar surface area (TPSA) is 78.3 Å². The molecular formula is C11H13N3O2S. The Hall–Kier alpha value is -1.30. The summed E-state index contributed by atoms with van der Waals surface area (Å²) in [7, 11) is 0. The van der Waals surface area contributed by atoms with Gasteiger partial charge >= 0.3 is 0 Å². The number of hydrogen-bond donors (Lipinski definition) is 2. The molecule has 3 atom stereocenters. The third-order valence-electron chi connectivity index (χ3n) is 3.61. The number of fused-ring (bicyclic) bond motifs is 2. The number of oxime groups is 1. The van der Waals surface area contributed by atoms with E-state index in [2.05, 4.69) is 15.1 Å². The van der Waals surface area contributed by atoms with Gasteiger partial charge in [0.25, 0.3) is 5.56 Å². The van der Waals surface area contributed by atoms with E-state index in [1.807, 2.05) is 0 Å². The van der Waals surface area contributed by atoms with E-state index in [0.29, 0.717) is 17.0 Å². The number of nitrogens with one attached hydrogen (secondary N) is 1. The van der Waals surface area contributed by atoms with Crippen molar-refractivity contribution in [1.82, 2.24) is 9.97 Å². The summed E-state index contributed by atoms with van der Waals surface area (Å²) < 4.78 is 0. The Morgan fingerprint density at radius 3 is 3.18 bits per heavy atom. The van der Waals surface area contributed by atoms with Gasteiger partial charge in [-0.05, 0) is 25.2 Å². The van der Waals surface area contributed by atoms with Crippen LogP contribution in [0.1, 0.15) is 19.3 Å². The summed E-state index contributed by atoms with van der Waals surface area (Å²) in [6.07, 6.45) is 4.91. The number of aromatic nitrogens is 2. The maximum absolute atomic E-state index is 11.2. The number of rotatable bonds is 2. The molecule has 2 saturated carbocycles. The summed E-state index contributed by atoms with van der Waals surface area (Å²) >= 11 is 1.50. The highest BCUT2D eigenvalue weighted by Gasteiger charge is 2.46. The van der Waals surface area contributed by atoms with Crippen LogP contribution in [0.15, 0.2) is 27.4 Å². The van der Waals surface area contributed by atoms with Crippen molar-refractivity contribution in [1.29, 1.82) is 0 Å². The molecule has 0 amide bonds. The van der Waals surface area contributed by atoms with Crippen LogP contribution >= 0.6 is 11.8 Å². The molecule has 90 valence electrons. The van der Waals surface area contributed by atoms with E-state index in [1.165, 1.54) is 30.4 Å². The summed E-state index contributed by atoms with van der Waals surface area (Å²) in [6, 6.07) is 1.39. The lowest BCUT2D eigenvalue weighted by molar-refractivity contribution is 0.314. The first kappa shape index (κ1) is 10.8. The minimum Gasteiger partial charge on any atom is -0.411 e. The molecule has 6 heteroatoms. The van der Waals surface area contributed by atoms with Crippen molar-refractivity contribution < 1.29 is 5.21 Å². The SMILES string of the molecule is O=c1ccnc(SC2/C(=N/O)C3CCC2C3)[nH]1. The summed E-state index contributed by atoms with van der Waals surface area (Å²) in [6.45, 7) is 0. The van der Waals surface area contributed by atoms with Gasteiger partial charge in [-0.15, -0.1) is 0 Å². The maximum Gasteiger partial charge on any atom is 0.251 e. The fourth-order valence-electron chi connectivity index (χ4n) is 2.86. The average molecular weight is 251 g/mol. The van der Waals surface area contributed by atoms with E-state index in [0.717, 1.165) is 18.6 Å². The first-order valence-electron chi connectivity index (χ1n) is 5.72. The molecule has 3 unspecified atom stereocenters. The van der Waals surface area contributed by atoms with E-state index in [1.54, 1.807) is 0 Å². The summed E-state index contributed by atoms with van der Waals surface area (Å²) in [5, 5.41) is 13.3. The summed E-state index contributed by atoms with van der Waals surface area (Å²) in [5.74, 6) is 0.986. The number of aromatic amines is 1. The quantitative estimate of drug-likeness (QED) is 0.474. The van der Waals surface area contributed by atoms with Crippen LogP contribution in [-0.4, -0.2) is 26.1 Å². The molecule has 2 N–H and O–H groups in total. The monoisotopic (exact) mass is 251 g/mol. The molecule has 2 aliphatic carbocycles. The van der Waals surface area contributed by atoms with E-state index in [4.69, 9.17) is 5.21 Å². The Morgan fingerprint density at radius 1 is 1.53 bits per heavy atom. The average Bonchev–Trinajstić information content (AvgIpc) is 2.89. The van der Waals surface area contributed by atoms with Gasteiger partial charge in [0.2, 0.25) is 0 Å². The Balaban J connectivity index is 1.84. The zero-order valence-corrected chi connectivity index (χ0v) is 9.98. The number of thioether (sulfide) groups is 1. The smallest absolute Gasteiger partial charge is 0.251 e. The summed E-state index contributed by atoms with van der Waals surface area (Å²) in [5.41, 5.74) is 0.728. The van der Waals surface area contributed by atoms with Gasteiger partial charge in [0.05, 0.1) is 11.0 Å². The van der Waals surface area contributed by atoms with Gasteiger partial charge in [0.1, 0.15) is 0 Å². The first-order chi connectivity index (χ1) is 8.28. The molecule has 1 aromatic heterocycles. The van der Waals surface area contributed by atoms with Gasteiger partial charge in [0, 0.05) is 18.2 Å². The van der Waals surface area contributed by atoms with Crippen LogP contribution in [0.4, 0.5) is 0 Å². The molecule has 17 heavy (non-hydrogen) atoms. The Kier molecular flexibility index (Phi) is 2.66. The van der Waals surface area contributed by atoms with Crippen molar-refractivity contribution in [3.8, 4) is 0 Å². The molecule has 5 nitrogen and oxygen atoms in total. The highest BCUT2D eigenvalue weighted by Crippen LogP contribution is 2.48. The van der Waals surface area contributed by atoms with Crippen LogP contribution in [0, 0.1) is 11.8 Å².